The van der Waals surface area contributed by atoms with Crippen molar-refractivity contribution in [1.29, 1.82) is 0 Å². The lowest BCUT2D eigenvalue weighted by Gasteiger charge is -2.45. The minimum absolute atomic E-state index is 0.0313. The fourth-order valence-electron chi connectivity index (χ4n) is 2.31. The van der Waals surface area contributed by atoms with E-state index in [1.54, 1.807) is 0 Å². The molecule has 0 aromatic rings. The molecule has 1 atom stereocenters. The molecule has 0 aromatic heterocycles. The van der Waals surface area contributed by atoms with E-state index < -0.39 is 0 Å². The highest BCUT2D eigenvalue weighted by molar-refractivity contribution is 4.96. The number of hydrogen-bond acceptors (Lipinski definition) is 3. The van der Waals surface area contributed by atoms with E-state index >= 15 is 0 Å². The molecule has 70 valence electrons. The van der Waals surface area contributed by atoms with Crippen molar-refractivity contribution in [3.05, 3.63) is 0 Å². The second-order valence-corrected chi connectivity index (χ2v) is 3.91. The molecule has 2 rings (SSSR count). The van der Waals surface area contributed by atoms with E-state index in [-0.39, 0.29) is 11.6 Å². The van der Waals surface area contributed by atoms with Crippen LogP contribution >= 0.6 is 0 Å². The van der Waals surface area contributed by atoms with Crippen molar-refractivity contribution in [2.24, 2.45) is 5.73 Å². The summed E-state index contributed by atoms with van der Waals surface area (Å²) in [6, 6.07) is 0.272. The Labute approximate surface area is 73.7 Å². The number of nitrogens with two attached hydrogens (primary N) is 1. The molecule has 0 aromatic carbocycles. The van der Waals surface area contributed by atoms with E-state index in [9.17, 15) is 0 Å². The summed E-state index contributed by atoms with van der Waals surface area (Å²) in [5.74, 6) is 0. The zero-order valence-electron chi connectivity index (χ0n) is 7.51. The van der Waals surface area contributed by atoms with Gasteiger partial charge in [0.25, 0.3) is 0 Å². The van der Waals surface area contributed by atoms with Crippen LogP contribution in [0, 0.1) is 0 Å². The Morgan fingerprint density at radius 3 is 2.75 bits per heavy atom. The summed E-state index contributed by atoms with van der Waals surface area (Å²) in [5.41, 5.74) is 6.12. The molecule has 0 radical (unpaired) electrons. The summed E-state index contributed by atoms with van der Waals surface area (Å²) >= 11 is 0. The molecule has 2 saturated heterocycles. The predicted molar refractivity (Wildman–Crippen MR) is 48.0 cm³/mol. The fourth-order valence-corrected chi connectivity index (χ4v) is 2.31. The molecule has 0 saturated carbocycles. The summed E-state index contributed by atoms with van der Waals surface area (Å²) in [6.45, 7) is 3.04. The van der Waals surface area contributed by atoms with Gasteiger partial charge in [-0.05, 0) is 38.8 Å². The maximum atomic E-state index is 6.09. The Hall–Kier alpha value is -0.120. The first-order valence-electron chi connectivity index (χ1n) is 4.94. The summed E-state index contributed by atoms with van der Waals surface area (Å²) in [7, 11) is 0. The molecule has 1 spiro atoms. The average Bonchev–Trinajstić information content (AvgIpc) is 2.12. The van der Waals surface area contributed by atoms with Crippen molar-refractivity contribution in [3.63, 3.8) is 0 Å². The van der Waals surface area contributed by atoms with E-state index in [1.807, 2.05) is 0 Å². The quantitative estimate of drug-likeness (QED) is 0.547. The van der Waals surface area contributed by atoms with Gasteiger partial charge < -0.3 is 15.8 Å². The zero-order valence-corrected chi connectivity index (χ0v) is 7.51. The van der Waals surface area contributed by atoms with Gasteiger partial charge in [-0.25, -0.2) is 0 Å². The molecular formula is C9H18N2O. The highest BCUT2D eigenvalue weighted by Crippen LogP contribution is 2.31. The van der Waals surface area contributed by atoms with Gasteiger partial charge in [0.2, 0.25) is 0 Å². The maximum absolute atomic E-state index is 6.09. The Balaban J connectivity index is 2.04. The van der Waals surface area contributed by atoms with Crippen LogP contribution < -0.4 is 11.1 Å². The normalized spacial score (nSPS) is 35.2. The Morgan fingerprint density at radius 1 is 1.33 bits per heavy atom. The van der Waals surface area contributed by atoms with Crippen LogP contribution in [-0.2, 0) is 4.74 Å². The van der Waals surface area contributed by atoms with Gasteiger partial charge in [0, 0.05) is 12.6 Å². The largest absolute Gasteiger partial charge is 0.373 e. The van der Waals surface area contributed by atoms with Gasteiger partial charge in [-0.3, -0.25) is 0 Å². The monoisotopic (exact) mass is 170 g/mol. The molecular weight excluding hydrogens is 152 g/mol. The van der Waals surface area contributed by atoms with Gasteiger partial charge in [-0.1, -0.05) is 0 Å². The third kappa shape index (κ3) is 1.37. The van der Waals surface area contributed by atoms with Gasteiger partial charge in [0.15, 0.2) is 0 Å². The lowest BCUT2D eigenvalue weighted by molar-refractivity contribution is -0.108. The molecule has 12 heavy (non-hydrogen) atoms. The predicted octanol–water partition coefficient (Wildman–Crippen LogP) is 0.246. The van der Waals surface area contributed by atoms with E-state index in [2.05, 4.69) is 5.32 Å². The number of nitrogens with one attached hydrogen (secondary N) is 1. The minimum Gasteiger partial charge on any atom is -0.373 e. The van der Waals surface area contributed by atoms with Crippen LogP contribution in [0.4, 0.5) is 0 Å². The molecule has 3 heteroatoms. The van der Waals surface area contributed by atoms with Gasteiger partial charge in [-0.2, -0.15) is 0 Å². The number of hydrogen-bond donors (Lipinski definition) is 2. The third-order valence-corrected chi connectivity index (χ3v) is 3.17. The molecule has 2 heterocycles. The zero-order chi connectivity index (χ0) is 8.44. The first-order chi connectivity index (χ1) is 5.83. The van der Waals surface area contributed by atoms with Crippen LogP contribution in [-0.4, -0.2) is 31.3 Å². The number of ether oxygens (including phenoxy) is 1. The molecule has 0 aliphatic carbocycles. The number of piperidine rings is 1. The second-order valence-electron chi connectivity index (χ2n) is 3.91. The van der Waals surface area contributed by atoms with Gasteiger partial charge >= 0.3 is 0 Å². The summed E-state index contributed by atoms with van der Waals surface area (Å²) in [5, 5.41) is 3.34. The number of rotatable bonds is 0. The summed E-state index contributed by atoms with van der Waals surface area (Å²) in [4.78, 5) is 0. The topological polar surface area (TPSA) is 47.3 Å². The van der Waals surface area contributed by atoms with E-state index in [0.717, 1.165) is 45.4 Å². The fraction of sp³-hybridized carbons (Fsp3) is 1.00. The van der Waals surface area contributed by atoms with E-state index in [4.69, 9.17) is 10.5 Å². The van der Waals surface area contributed by atoms with Crippen LogP contribution in [0.2, 0.25) is 0 Å². The molecule has 0 unspecified atom stereocenters. The molecule has 2 aliphatic rings. The molecule has 3 nitrogen and oxygen atoms in total. The first-order valence-corrected chi connectivity index (χ1v) is 4.94. The Kier molecular flexibility index (Phi) is 2.35. The smallest absolute Gasteiger partial charge is 0.0856 e. The highest BCUT2D eigenvalue weighted by atomic mass is 16.5. The lowest BCUT2D eigenvalue weighted by atomic mass is 9.81. The molecule has 2 aliphatic heterocycles. The second kappa shape index (κ2) is 3.32. The average molecular weight is 170 g/mol. The summed E-state index contributed by atoms with van der Waals surface area (Å²) in [6.07, 6.45) is 4.46. The van der Waals surface area contributed by atoms with Crippen LogP contribution in [0.3, 0.4) is 0 Å². The van der Waals surface area contributed by atoms with E-state index in [0.29, 0.717) is 0 Å². The highest BCUT2D eigenvalue weighted by Gasteiger charge is 2.40. The van der Waals surface area contributed by atoms with Crippen LogP contribution in [0.15, 0.2) is 0 Å². The van der Waals surface area contributed by atoms with Crippen molar-refractivity contribution in [3.8, 4) is 0 Å². The van der Waals surface area contributed by atoms with Crippen LogP contribution in [0.1, 0.15) is 25.7 Å². The maximum Gasteiger partial charge on any atom is 0.0856 e. The first kappa shape index (κ1) is 8.48. The SMILES string of the molecule is N[C@H]1CCCOC12CCNCC2. The van der Waals surface area contributed by atoms with Crippen molar-refractivity contribution in [1.82, 2.24) is 5.32 Å². The van der Waals surface area contributed by atoms with Crippen molar-refractivity contribution in [2.45, 2.75) is 37.3 Å². The third-order valence-electron chi connectivity index (χ3n) is 3.17. The molecule has 0 amide bonds. The molecule has 2 fully saturated rings. The van der Waals surface area contributed by atoms with Crippen LogP contribution in [0.5, 0.6) is 0 Å². The van der Waals surface area contributed by atoms with Crippen LogP contribution in [0.25, 0.3) is 0 Å². The minimum atomic E-state index is 0.0313. The van der Waals surface area contributed by atoms with Gasteiger partial charge in [-0.15, -0.1) is 0 Å². The van der Waals surface area contributed by atoms with Crippen molar-refractivity contribution in [2.75, 3.05) is 19.7 Å². The van der Waals surface area contributed by atoms with Crippen molar-refractivity contribution < 1.29 is 4.74 Å². The lowest BCUT2D eigenvalue weighted by Crippen LogP contribution is -2.57. The Morgan fingerprint density at radius 2 is 2.08 bits per heavy atom. The van der Waals surface area contributed by atoms with E-state index in [1.165, 1.54) is 0 Å². The Bertz CT molecular complexity index is 146. The molecule has 3 N–H and O–H groups in total. The standard InChI is InChI=1S/C9H18N2O/c10-8-2-1-7-12-9(8)3-5-11-6-4-9/h8,11H,1-7,10H2/t8-/m0/s1. The summed E-state index contributed by atoms with van der Waals surface area (Å²) < 4.78 is 5.85. The van der Waals surface area contributed by atoms with Crippen molar-refractivity contribution >= 4 is 0 Å². The molecule has 0 bridgehead atoms. The van der Waals surface area contributed by atoms with Gasteiger partial charge in [0.1, 0.15) is 0 Å². The van der Waals surface area contributed by atoms with Gasteiger partial charge in [0.05, 0.1) is 5.60 Å².